The summed E-state index contributed by atoms with van der Waals surface area (Å²) >= 11 is 0. The summed E-state index contributed by atoms with van der Waals surface area (Å²) in [7, 11) is -3.46. The van der Waals surface area contributed by atoms with E-state index >= 15 is 0 Å². The molecule has 22 heavy (non-hydrogen) atoms. The monoisotopic (exact) mass is 332 g/mol. The summed E-state index contributed by atoms with van der Waals surface area (Å²) in [5, 5.41) is 0. The first-order valence-electron chi connectivity index (χ1n) is 8.86. The molecule has 6 heteroatoms. The van der Waals surface area contributed by atoms with Crippen LogP contribution in [0.2, 0.25) is 0 Å². The molecule has 0 N–H and O–H groups in total. The Bertz CT molecular complexity index is 399. The molecule has 0 aromatic rings. The quantitative estimate of drug-likeness (QED) is 0.330. The van der Waals surface area contributed by atoms with Crippen LogP contribution in [-0.4, -0.2) is 11.8 Å². The third-order valence-electron chi connectivity index (χ3n) is 4.38. The van der Waals surface area contributed by atoms with Gasteiger partial charge in [0.2, 0.25) is 0 Å². The van der Waals surface area contributed by atoms with Crippen LogP contribution in [0.25, 0.3) is 0 Å². The molecular formula is C16H29O5P. The Morgan fingerprint density at radius 3 is 1.68 bits per heavy atom. The summed E-state index contributed by atoms with van der Waals surface area (Å²) in [5.41, 5.74) is 0. The number of unbranched alkanes of at least 4 members (excludes halogenated alkanes) is 11. The van der Waals surface area contributed by atoms with Gasteiger partial charge in [0.1, 0.15) is 0 Å². The standard InChI is InChI=1S/C16H29O5P/c1-2-3-4-5-6-7-8-9-10-11-12-13-14-16-15(17)19-22(18,20-16)21-16/h2-14H2,1H3. The summed E-state index contributed by atoms with van der Waals surface area (Å²) in [6, 6.07) is 0. The van der Waals surface area contributed by atoms with Crippen molar-refractivity contribution in [3.8, 4) is 0 Å². The molecule has 5 nitrogen and oxygen atoms in total. The summed E-state index contributed by atoms with van der Waals surface area (Å²) in [5.74, 6) is -1.94. The van der Waals surface area contributed by atoms with Gasteiger partial charge >= 0.3 is 13.8 Å². The highest BCUT2D eigenvalue weighted by Crippen LogP contribution is 2.73. The topological polar surface area (TPSA) is 61.8 Å². The number of carbonyl (C=O) groups excluding carboxylic acids is 1. The van der Waals surface area contributed by atoms with Crippen molar-refractivity contribution in [2.24, 2.45) is 0 Å². The lowest BCUT2D eigenvalue weighted by atomic mass is 10.0. The average molecular weight is 332 g/mol. The molecule has 0 aromatic carbocycles. The molecule has 0 aromatic heterocycles. The molecule has 3 saturated heterocycles. The number of hydrogen-bond acceptors (Lipinski definition) is 5. The van der Waals surface area contributed by atoms with E-state index in [4.69, 9.17) is 9.05 Å². The van der Waals surface area contributed by atoms with Crippen molar-refractivity contribution in [1.82, 2.24) is 0 Å². The van der Waals surface area contributed by atoms with Crippen LogP contribution in [0.3, 0.4) is 0 Å². The summed E-state index contributed by atoms with van der Waals surface area (Å²) in [4.78, 5) is 11.4. The third kappa shape index (κ3) is 4.81. The van der Waals surface area contributed by atoms with Crippen LogP contribution < -0.4 is 0 Å². The van der Waals surface area contributed by atoms with Crippen LogP contribution in [-0.2, 0) is 22.9 Å². The van der Waals surface area contributed by atoms with E-state index in [1.807, 2.05) is 0 Å². The van der Waals surface area contributed by atoms with E-state index in [1.54, 1.807) is 0 Å². The molecule has 0 atom stereocenters. The van der Waals surface area contributed by atoms with Crippen LogP contribution in [0, 0.1) is 0 Å². The van der Waals surface area contributed by atoms with Gasteiger partial charge in [-0.15, -0.1) is 0 Å². The predicted octanol–water partition coefficient (Wildman–Crippen LogP) is 5.49. The van der Waals surface area contributed by atoms with Crippen molar-refractivity contribution in [1.29, 1.82) is 0 Å². The van der Waals surface area contributed by atoms with E-state index in [9.17, 15) is 9.36 Å². The minimum atomic E-state index is -3.46. The Balaban J connectivity index is 1.37. The minimum Gasteiger partial charge on any atom is -0.366 e. The van der Waals surface area contributed by atoms with E-state index in [1.165, 1.54) is 64.2 Å². The van der Waals surface area contributed by atoms with E-state index < -0.39 is 19.6 Å². The Hall–Kier alpha value is -0.380. The highest BCUT2D eigenvalue weighted by molar-refractivity contribution is 7.51. The van der Waals surface area contributed by atoms with Crippen LogP contribution in [0.4, 0.5) is 0 Å². The van der Waals surface area contributed by atoms with E-state index in [0.29, 0.717) is 6.42 Å². The second-order valence-electron chi connectivity index (χ2n) is 6.40. The van der Waals surface area contributed by atoms with Gasteiger partial charge in [0.05, 0.1) is 0 Å². The number of phosphoric acid groups is 1. The smallest absolute Gasteiger partial charge is 0.366 e. The van der Waals surface area contributed by atoms with Crippen molar-refractivity contribution in [2.45, 2.75) is 96.2 Å². The maximum atomic E-state index is 11.4. The Labute approximate surface area is 133 Å². The molecule has 3 rings (SSSR count). The molecule has 2 bridgehead atoms. The molecule has 3 aliphatic rings. The molecule has 3 heterocycles. The average Bonchev–Trinajstić information content (AvgIpc) is 2.84. The number of phosphoric ester groups is 1. The molecule has 0 aliphatic carbocycles. The maximum Gasteiger partial charge on any atom is 0.538 e. The van der Waals surface area contributed by atoms with Crippen LogP contribution in [0.15, 0.2) is 0 Å². The molecule has 0 saturated carbocycles. The zero-order chi connectivity index (χ0) is 15.9. The van der Waals surface area contributed by atoms with Crippen molar-refractivity contribution in [3.05, 3.63) is 0 Å². The van der Waals surface area contributed by atoms with Gasteiger partial charge in [-0.25, -0.2) is 18.4 Å². The predicted molar refractivity (Wildman–Crippen MR) is 84.3 cm³/mol. The minimum absolute atomic E-state index is 0.452. The molecule has 3 fully saturated rings. The van der Waals surface area contributed by atoms with Crippen molar-refractivity contribution >= 4 is 13.8 Å². The van der Waals surface area contributed by atoms with Crippen molar-refractivity contribution < 1.29 is 22.9 Å². The SMILES string of the molecule is CCCCCCCCCCCCCCC12OP(=O)(OC1=O)O2. The first-order chi connectivity index (χ1) is 10.6. The molecule has 0 unspecified atom stereocenters. The van der Waals surface area contributed by atoms with Gasteiger partial charge in [-0.1, -0.05) is 77.6 Å². The molecule has 128 valence electrons. The Kier molecular flexibility index (Phi) is 6.91. The number of hydrogen-bond donors (Lipinski definition) is 0. The van der Waals surface area contributed by atoms with Gasteiger partial charge in [-0.05, 0) is 6.42 Å². The molecule has 3 aliphatic heterocycles. The zero-order valence-electron chi connectivity index (χ0n) is 13.7. The fourth-order valence-electron chi connectivity index (χ4n) is 3.04. The fourth-order valence-corrected chi connectivity index (χ4v) is 4.53. The molecular weight excluding hydrogens is 303 g/mol. The second kappa shape index (κ2) is 8.47. The van der Waals surface area contributed by atoms with Gasteiger partial charge in [0.25, 0.3) is 5.79 Å². The van der Waals surface area contributed by atoms with E-state index in [2.05, 4.69) is 11.4 Å². The fraction of sp³-hybridized carbons (Fsp3) is 0.938. The lowest BCUT2D eigenvalue weighted by Crippen LogP contribution is -2.41. The van der Waals surface area contributed by atoms with Gasteiger partial charge in [-0.3, -0.25) is 0 Å². The van der Waals surface area contributed by atoms with Crippen molar-refractivity contribution in [2.75, 3.05) is 0 Å². The first kappa shape index (κ1) is 18.0. The number of carbonyl (C=O) groups is 1. The van der Waals surface area contributed by atoms with Crippen LogP contribution in [0.1, 0.15) is 90.4 Å². The molecule has 0 spiro atoms. The highest BCUT2D eigenvalue weighted by Gasteiger charge is 2.72. The zero-order valence-corrected chi connectivity index (χ0v) is 14.6. The van der Waals surface area contributed by atoms with E-state index in [-0.39, 0.29) is 0 Å². The van der Waals surface area contributed by atoms with Crippen LogP contribution >= 0.6 is 7.82 Å². The second-order valence-corrected chi connectivity index (χ2v) is 7.84. The first-order valence-corrected chi connectivity index (χ1v) is 10.3. The van der Waals surface area contributed by atoms with Crippen molar-refractivity contribution in [3.63, 3.8) is 0 Å². The van der Waals surface area contributed by atoms with Gasteiger partial charge in [0, 0.05) is 6.42 Å². The van der Waals surface area contributed by atoms with Crippen LogP contribution in [0.5, 0.6) is 0 Å². The summed E-state index contributed by atoms with van der Waals surface area (Å²) < 4.78 is 25.9. The third-order valence-corrected chi connectivity index (χ3v) is 5.81. The normalized spacial score (nSPS) is 29.4. The summed E-state index contributed by atoms with van der Waals surface area (Å²) in [6.07, 6.45) is 15.6. The molecule has 0 amide bonds. The Morgan fingerprint density at radius 1 is 0.818 bits per heavy atom. The largest absolute Gasteiger partial charge is 0.538 e. The summed E-state index contributed by atoms with van der Waals surface area (Å²) in [6.45, 7) is 2.25. The van der Waals surface area contributed by atoms with Gasteiger partial charge in [0.15, 0.2) is 0 Å². The Morgan fingerprint density at radius 2 is 1.27 bits per heavy atom. The van der Waals surface area contributed by atoms with Gasteiger partial charge < -0.3 is 4.52 Å². The number of rotatable bonds is 13. The lowest BCUT2D eigenvalue weighted by Gasteiger charge is -2.29. The molecule has 0 radical (unpaired) electrons. The highest BCUT2D eigenvalue weighted by atomic mass is 31.2. The maximum absolute atomic E-state index is 11.4. The lowest BCUT2D eigenvalue weighted by molar-refractivity contribution is -0.187. The van der Waals surface area contributed by atoms with E-state index in [0.717, 1.165) is 12.8 Å². The van der Waals surface area contributed by atoms with Gasteiger partial charge in [-0.2, -0.15) is 0 Å². The number of fused-ring (bicyclic) bond motifs is 1.